The first kappa shape index (κ1) is 13.9. The van der Waals surface area contributed by atoms with E-state index in [1.165, 1.54) is 0 Å². The van der Waals surface area contributed by atoms with Gasteiger partial charge in [0, 0.05) is 15.7 Å². The molecule has 0 amide bonds. The smallest absolute Gasteiger partial charge is 0.157 e. The Labute approximate surface area is 128 Å². The maximum absolute atomic E-state index is 6.00. The van der Waals surface area contributed by atoms with Crippen molar-refractivity contribution < 1.29 is 4.74 Å². The molecule has 0 aliphatic rings. The third kappa shape index (κ3) is 3.51. The number of benzene rings is 1. The fourth-order valence-electron chi connectivity index (χ4n) is 1.30. The minimum atomic E-state index is 0.286. The molecule has 0 spiro atoms. The number of halogens is 4. The molecule has 0 aliphatic heterocycles. The van der Waals surface area contributed by atoms with Gasteiger partial charge in [-0.1, -0.05) is 34.8 Å². The van der Waals surface area contributed by atoms with Crippen LogP contribution < -0.4 is 4.74 Å². The number of rotatable bonds is 3. The van der Waals surface area contributed by atoms with Crippen molar-refractivity contribution in [3.8, 4) is 5.75 Å². The SMILES string of the molecule is Clc1cc(Cl)c(OCc2ccc(Br)cn2)c(Cl)c1. The lowest BCUT2D eigenvalue weighted by molar-refractivity contribution is 0.301. The molecule has 94 valence electrons. The highest BCUT2D eigenvalue weighted by molar-refractivity contribution is 9.10. The summed E-state index contributed by atoms with van der Waals surface area (Å²) in [4.78, 5) is 4.19. The Balaban J connectivity index is 2.13. The number of pyridine rings is 1. The predicted molar refractivity (Wildman–Crippen MR) is 77.7 cm³/mol. The quantitative estimate of drug-likeness (QED) is 0.726. The molecule has 0 saturated carbocycles. The molecule has 1 aromatic carbocycles. The van der Waals surface area contributed by atoms with Gasteiger partial charge < -0.3 is 4.74 Å². The number of hydrogen-bond donors (Lipinski definition) is 0. The van der Waals surface area contributed by atoms with Crippen LogP contribution in [0.2, 0.25) is 15.1 Å². The molecule has 0 radical (unpaired) electrons. The Morgan fingerprint density at radius 3 is 2.33 bits per heavy atom. The summed E-state index contributed by atoms with van der Waals surface area (Å²) in [6.07, 6.45) is 1.70. The van der Waals surface area contributed by atoms with E-state index in [1.54, 1.807) is 18.3 Å². The van der Waals surface area contributed by atoms with Crippen molar-refractivity contribution >= 4 is 50.7 Å². The summed E-state index contributed by atoms with van der Waals surface area (Å²) in [6.45, 7) is 0.286. The van der Waals surface area contributed by atoms with Gasteiger partial charge in [0.1, 0.15) is 6.61 Å². The van der Waals surface area contributed by atoms with Crippen molar-refractivity contribution in [3.63, 3.8) is 0 Å². The molecule has 0 aliphatic carbocycles. The van der Waals surface area contributed by atoms with Gasteiger partial charge in [-0.25, -0.2) is 0 Å². The Kier molecular flexibility index (Phi) is 4.73. The number of aromatic nitrogens is 1. The molecule has 18 heavy (non-hydrogen) atoms. The predicted octanol–water partition coefficient (Wildman–Crippen LogP) is 5.38. The van der Waals surface area contributed by atoms with E-state index >= 15 is 0 Å². The second-order valence-corrected chi connectivity index (χ2v) is 5.62. The maximum atomic E-state index is 6.00. The normalized spacial score (nSPS) is 10.4. The van der Waals surface area contributed by atoms with Crippen molar-refractivity contribution in [1.82, 2.24) is 4.98 Å². The zero-order valence-corrected chi connectivity index (χ0v) is 12.8. The van der Waals surface area contributed by atoms with Crippen LogP contribution in [0.5, 0.6) is 5.75 Å². The molecule has 0 unspecified atom stereocenters. The van der Waals surface area contributed by atoms with Crippen molar-refractivity contribution in [3.05, 3.63) is 55.7 Å². The van der Waals surface area contributed by atoms with E-state index in [9.17, 15) is 0 Å². The summed E-state index contributed by atoms with van der Waals surface area (Å²) in [7, 11) is 0. The average Bonchev–Trinajstić information content (AvgIpc) is 2.30. The number of nitrogens with zero attached hydrogens (tertiary/aromatic N) is 1. The van der Waals surface area contributed by atoms with Crippen molar-refractivity contribution in [2.75, 3.05) is 0 Å². The minimum Gasteiger partial charge on any atom is -0.484 e. The average molecular weight is 367 g/mol. The van der Waals surface area contributed by atoms with Crippen LogP contribution in [0, 0.1) is 0 Å². The highest BCUT2D eigenvalue weighted by Gasteiger charge is 2.09. The Morgan fingerprint density at radius 2 is 1.78 bits per heavy atom. The second kappa shape index (κ2) is 6.11. The van der Waals surface area contributed by atoms with E-state index in [1.807, 2.05) is 12.1 Å². The highest BCUT2D eigenvalue weighted by atomic mass is 79.9. The largest absolute Gasteiger partial charge is 0.484 e. The monoisotopic (exact) mass is 365 g/mol. The van der Waals surface area contributed by atoms with Crippen LogP contribution >= 0.6 is 50.7 Å². The van der Waals surface area contributed by atoms with Crippen LogP contribution in [0.1, 0.15) is 5.69 Å². The van der Waals surface area contributed by atoms with Gasteiger partial charge in [-0.3, -0.25) is 4.98 Å². The summed E-state index contributed by atoms with van der Waals surface area (Å²) < 4.78 is 6.46. The van der Waals surface area contributed by atoms with Gasteiger partial charge in [-0.2, -0.15) is 0 Å². The van der Waals surface area contributed by atoms with Gasteiger partial charge >= 0.3 is 0 Å². The summed E-state index contributed by atoms with van der Waals surface area (Å²) in [6, 6.07) is 6.90. The lowest BCUT2D eigenvalue weighted by atomic mass is 10.3. The summed E-state index contributed by atoms with van der Waals surface area (Å²) in [5.41, 5.74) is 0.778. The molecular formula is C12H7BrCl3NO. The van der Waals surface area contributed by atoms with Crippen LogP contribution in [0.3, 0.4) is 0 Å². The highest BCUT2D eigenvalue weighted by Crippen LogP contribution is 2.36. The standard InChI is InChI=1S/C12H7BrCl3NO/c13-7-1-2-9(17-5-7)6-18-12-10(15)3-8(14)4-11(12)16/h1-5H,6H2. The summed E-state index contributed by atoms with van der Waals surface area (Å²) >= 11 is 21.1. The van der Waals surface area contributed by atoms with E-state index in [-0.39, 0.29) is 6.61 Å². The van der Waals surface area contributed by atoms with Crippen molar-refractivity contribution in [2.24, 2.45) is 0 Å². The van der Waals surface area contributed by atoms with E-state index in [0.717, 1.165) is 10.2 Å². The van der Waals surface area contributed by atoms with Crippen molar-refractivity contribution in [2.45, 2.75) is 6.61 Å². The zero-order valence-electron chi connectivity index (χ0n) is 8.96. The van der Waals surface area contributed by atoms with Gasteiger partial charge in [-0.15, -0.1) is 0 Å². The first-order valence-electron chi connectivity index (χ1n) is 4.94. The van der Waals surface area contributed by atoms with Gasteiger partial charge in [0.05, 0.1) is 15.7 Å². The van der Waals surface area contributed by atoms with Crippen LogP contribution in [-0.2, 0) is 6.61 Å². The Hall–Kier alpha value is -0.480. The molecule has 0 fully saturated rings. The lowest BCUT2D eigenvalue weighted by Crippen LogP contribution is -1.98. The fraction of sp³-hybridized carbons (Fsp3) is 0.0833. The first-order chi connectivity index (χ1) is 8.56. The van der Waals surface area contributed by atoms with Crippen LogP contribution in [0.25, 0.3) is 0 Å². The Bertz CT molecular complexity index is 537. The third-order valence-corrected chi connectivity index (χ3v) is 3.36. The minimum absolute atomic E-state index is 0.286. The third-order valence-electron chi connectivity index (χ3n) is 2.12. The van der Waals surface area contributed by atoms with Gasteiger partial charge in [-0.05, 0) is 40.2 Å². The maximum Gasteiger partial charge on any atom is 0.157 e. The van der Waals surface area contributed by atoms with Gasteiger partial charge in [0.25, 0.3) is 0 Å². The van der Waals surface area contributed by atoms with Crippen LogP contribution in [-0.4, -0.2) is 4.98 Å². The number of hydrogen-bond acceptors (Lipinski definition) is 2. The molecule has 2 aromatic rings. The fourth-order valence-corrected chi connectivity index (χ4v) is 2.47. The molecule has 0 bridgehead atoms. The summed E-state index contributed by atoms with van der Waals surface area (Å²) in [5, 5.41) is 1.23. The zero-order chi connectivity index (χ0) is 13.1. The van der Waals surface area contributed by atoms with Crippen molar-refractivity contribution in [1.29, 1.82) is 0 Å². The van der Waals surface area contributed by atoms with Crippen LogP contribution in [0.15, 0.2) is 34.9 Å². The number of ether oxygens (including phenoxy) is 1. The van der Waals surface area contributed by atoms with Gasteiger partial charge in [0.2, 0.25) is 0 Å². The molecule has 2 nitrogen and oxygen atoms in total. The van der Waals surface area contributed by atoms with E-state index in [4.69, 9.17) is 39.5 Å². The van der Waals surface area contributed by atoms with E-state index in [0.29, 0.717) is 20.8 Å². The molecule has 0 atom stereocenters. The molecule has 6 heteroatoms. The molecule has 0 saturated heterocycles. The molecule has 2 rings (SSSR count). The second-order valence-electron chi connectivity index (χ2n) is 3.45. The van der Waals surface area contributed by atoms with E-state index < -0.39 is 0 Å². The lowest BCUT2D eigenvalue weighted by Gasteiger charge is -2.10. The van der Waals surface area contributed by atoms with Crippen LogP contribution in [0.4, 0.5) is 0 Å². The summed E-state index contributed by atoms with van der Waals surface area (Å²) in [5.74, 6) is 0.410. The molecule has 0 N–H and O–H groups in total. The van der Waals surface area contributed by atoms with E-state index in [2.05, 4.69) is 20.9 Å². The first-order valence-corrected chi connectivity index (χ1v) is 6.87. The Morgan fingerprint density at radius 1 is 1.11 bits per heavy atom. The molecule has 1 aromatic heterocycles. The molecular weight excluding hydrogens is 360 g/mol. The topological polar surface area (TPSA) is 22.1 Å². The molecule has 1 heterocycles. The van der Waals surface area contributed by atoms with Gasteiger partial charge in [0.15, 0.2) is 5.75 Å².